The second kappa shape index (κ2) is 11.8. The van der Waals surface area contributed by atoms with Gasteiger partial charge in [0.1, 0.15) is 5.75 Å². The molecule has 0 aliphatic carbocycles. The lowest BCUT2D eigenvalue weighted by molar-refractivity contribution is 0.0367. The number of fused-ring (bicyclic) bond motifs is 2. The van der Waals surface area contributed by atoms with Crippen LogP contribution < -0.4 is 9.47 Å². The highest BCUT2D eigenvalue weighted by atomic mass is 16.5. The number of aromatic nitrogens is 1. The lowest BCUT2D eigenvalue weighted by Crippen LogP contribution is -2.16. The average Bonchev–Trinajstić information content (AvgIpc) is 2.60. The van der Waals surface area contributed by atoms with E-state index in [9.17, 15) is 4.79 Å². The number of ether oxygens (including phenoxy) is 3. The van der Waals surface area contributed by atoms with Gasteiger partial charge in [0.05, 0.1) is 19.3 Å². The minimum absolute atomic E-state index is 0.204. The molecule has 0 amide bonds. The van der Waals surface area contributed by atoms with Crippen molar-refractivity contribution in [1.29, 1.82) is 0 Å². The third-order valence-corrected chi connectivity index (χ3v) is 4.46. The molecule has 0 saturated carbocycles. The summed E-state index contributed by atoms with van der Waals surface area (Å²) in [5, 5.41) is 0. The first kappa shape index (κ1) is 20.5. The Balaban J connectivity index is 2.11. The Morgan fingerprint density at radius 3 is 2.04 bits per heavy atom. The van der Waals surface area contributed by atoms with E-state index in [0.29, 0.717) is 30.4 Å². The predicted octanol–water partition coefficient (Wildman–Crippen LogP) is 5.32. The summed E-state index contributed by atoms with van der Waals surface area (Å²) in [6.07, 6.45) is 13.4. The third kappa shape index (κ3) is 7.22. The highest BCUT2D eigenvalue weighted by Crippen LogP contribution is 2.28. The minimum Gasteiger partial charge on any atom is -0.492 e. The van der Waals surface area contributed by atoms with Gasteiger partial charge in [-0.15, -0.1) is 0 Å². The molecule has 146 valence electrons. The maximum atomic E-state index is 12.6. The second-order valence-corrected chi connectivity index (χ2v) is 7.18. The van der Waals surface area contributed by atoms with Gasteiger partial charge in [0.15, 0.2) is 5.56 Å². The maximum Gasteiger partial charge on any atom is 0.347 e. The van der Waals surface area contributed by atoms with E-state index in [1.54, 1.807) is 12.3 Å². The lowest BCUT2D eigenvalue weighted by Gasteiger charge is -2.16. The number of esters is 1. The molecule has 26 heavy (non-hydrogen) atoms. The van der Waals surface area contributed by atoms with Crippen LogP contribution in [-0.4, -0.2) is 30.3 Å². The van der Waals surface area contributed by atoms with Gasteiger partial charge in [0.25, 0.3) is 0 Å². The molecule has 0 unspecified atom stereocenters. The van der Waals surface area contributed by atoms with E-state index < -0.39 is 5.97 Å². The molecular formula is C21H33NO4. The highest BCUT2D eigenvalue weighted by molar-refractivity contribution is 5.95. The van der Waals surface area contributed by atoms with Gasteiger partial charge in [-0.25, -0.2) is 9.78 Å². The molecular weight excluding hydrogens is 330 g/mol. The first-order valence-corrected chi connectivity index (χ1v) is 10.1. The van der Waals surface area contributed by atoms with E-state index in [-0.39, 0.29) is 6.10 Å². The van der Waals surface area contributed by atoms with Crippen molar-refractivity contribution in [3.8, 4) is 11.6 Å². The summed E-state index contributed by atoms with van der Waals surface area (Å²) in [5.74, 6) is 0.387. The van der Waals surface area contributed by atoms with Gasteiger partial charge in [0, 0.05) is 6.20 Å². The van der Waals surface area contributed by atoms with E-state index in [1.165, 1.54) is 38.5 Å². The van der Waals surface area contributed by atoms with E-state index in [1.807, 2.05) is 13.8 Å². The van der Waals surface area contributed by atoms with E-state index >= 15 is 0 Å². The standard InChI is InChI=1S/C21H33NO4/c1-17(2)26-21(23)19-18-13-14-22-20(19)25-16-12-10-8-6-4-3-5-7-9-11-15-24-18/h13-14,17H,3-12,15-16H2,1-2H3. The van der Waals surface area contributed by atoms with Crippen LogP contribution in [-0.2, 0) is 4.74 Å². The monoisotopic (exact) mass is 363 g/mol. The van der Waals surface area contributed by atoms with Crippen LogP contribution in [0.1, 0.15) is 88.4 Å². The fraction of sp³-hybridized carbons (Fsp3) is 0.714. The van der Waals surface area contributed by atoms with Crippen molar-refractivity contribution in [2.24, 2.45) is 0 Å². The zero-order valence-corrected chi connectivity index (χ0v) is 16.3. The second-order valence-electron chi connectivity index (χ2n) is 7.18. The SMILES string of the molecule is CC(C)OC(=O)c1c2ccnc1OCCCCCCCCCCCCO2. The molecule has 1 aromatic heterocycles. The van der Waals surface area contributed by atoms with Crippen LogP contribution in [0.5, 0.6) is 11.6 Å². The highest BCUT2D eigenvalue weighted by Gasteiger charge is 2.23. The van der Waals surface area contributed by atoms with Crippen molar-refractivity contribution in [2.75, 3.05) is 13.2 Å². The van der Waals surface area contributed by atoms with Crippen molar-refractivity contribution in [2.45, 2.75) is 84.2 Å². The molecule has 0 saturated heterocycles. The number of carbonyl (C=O) groups excluding carboxylic acids is 1. The van der Waals surface area contributed by atoms with Gasteiger partial charge in [-0.3, -0.25) is 0 Å². The fourth-order valence-corrected chi connectivity index (χ4v) is 3.09. The molecule has 0 spiro atoms. The Hall–Kier alpha value is -1.78. The molecule has 0 N–H and O–H groups in total. The first-order valence-electron chi connectivity index (χ1n) is 10.1. The van der Waals surface area contributed by atoms with Gasteiger partial charge >= 0.3 is 5.97 Å². The molecule has 2 bridgehead atoms. The van der Waals surface area contributed by atoms with Crippen LogP contribution in [0.25, 0.3) is 0 Å². The summed E-state index contributed by atoms with van der Waals surface area (Å²) in [4.78, 5) is 16.8. The Labute approximate surface area is 157 Å². The van der Waals surface area contributed by atoms with Crippen molar-refractivity contribution < 1.29 is 19.0 Å². The zero-order valence-electron chi connectivity index (χ0n) is 16.3. The molecule has 0 aromatic carbocycles. The number of nitrogens with zero attached hydrogens (tertiary/aromatic N) is 1. The van der Waals surface area contributed by atoms with Gasteiger partial charge in [-0.05, 0) is 32.8 Å². The molecule has 0 fully saturated rings. The van der Waals surface area contributed by atoms with Gasteiger partial charge in [-0.2, -0.15) is 0 Å². The molecule has 1 aromatic rings. The Morgan fingerprint density at radius 1 is 0.923 bits per heavy atom. The zero-order chi connectivity index (χ0) is 18.6. The topological polar surface area (TPSA) is 57.7 Å². The summed E-state index contributed by atoms with van der Waals surface area (Å²) >= 11 is 0. The van der Waals surface area contributed by atoms with Crippen LogP contribution >= 0.6 is 0 Å². The Bertz CT molecular complexity index is 511. The fourth-order valence-electron chi connectivity index (χ4n) is 3.09. The Kier molecular flexibility index (Phi) is 9.29. The third-order valence-electron chi connectivity index (χ3n) is 4.46. The molecule has 0 radical (unpaired) electrons. The van der Waals surface area contributed by atoms with Crippen molar-refractivity contribution in [3.05, 3.63) is 17.8 Å². The smallest absolute Gasteiger partial charge is 0.347 e. The van der Waals surface area contributed by atoms with Gasteiger partial charge in [0.2, 0.25) is 5.88 Å². The van der Waals surface area contributed by atoms with E-state index in [2.05, 4.69) is 4.98 Å². The molecule has 2 heterocycles. The largest absolute Gasteiger partial charge is 0.492 e. The first-order chi connectivity index (χ1) is 12.7. The average molecular weight is 363 g/mol. The number of pyridine rings is 1. The van der Waals surface area contributed by atoms with E-state index in [4.69, 9.17) is 14.2 Å². The van der Waals surface area contributed by atoms with Crippen molar-refractivity contribution >= 4 is 5.97 Å². The van der Waals surface area contributed by atoms with Crippen molar-refractivity contribution in [1.82, 2.24) is 4.98 Å². The molecule has 1 aliphatic heterocycles. The summed E-state index contributed by atoms with van der Waals surface area (Å²) in [7, 11) is 0. The van der Waals surface area contributed by atoms with Crippen LogP contribution in [0.4, 0.5) is 0 Å². The summed E-state index contributed by atoms with van der Waals surface area (Å²) in [6, 6.07) is 1.72. The summed E-state index contributed by atoms with van der Waals surface area (Å²) in [5.41, 5.74) is 0.311. The van der Waals surface area contributed by atoms with Gasteiger partial charge < -0.3 is 14.2 Å². The quantitative estimate of drug-likeness (QED) is 0.666. The molecule has 5 heteroatoms. The van der Waals surface area contributed by atoms with Crippen molar-refractivity contribution in [3.63, 3.8) is 0 Å². The lowest BCUT2D eigenvalue weighted by atomic mass is 10.1. The summed E-state index contributed by atoms with van der Waals surface area (Å²) < 4.78 is 17.1. The summed E-state index contributed by atoms with van der Waals surface area (Å²) in [6.45, 7) is 4.80. The van der Waals surface area contributed by atoms with Crippen LogP contribution in [0.15, 0.2) is 12.3 Å². The number of hydrogen-bond donors (Lipinski definition) is 0. The van der Waals surface area contributed by atoms with Crippen LogP contribution in [0.2, 0.25) is 0 Å². The predicted molar refractivity (Wildman–Crippen MR) is 102 cm³/mol. The van der Waals surface area contributed by atoms with Gasteiger partial charge in [-0.1, -0.05) is 51.4 Å². The van der Waals surface area contributed by atoms with E-state index in [0.717, 1.165) is 25.7 Å². The maximum absolute atomic E-state index is 12.6. The van der Waals surface area contributed by atoms with Crippen LogP contribution in [0, 0.1) is 0 Å². The normalized spacial score (nSPS) is 17.7. The molecule has 2 rings (SSSR count). The number of hydrogen-bond acceptors (Lipinski definition) is 5. The number of rotatable bonds is 2. The number of carbonyl (C=O) groups is 1. The minimum atomic E-state index is -0.434. The molecule has 0 atom stereocenters. The van der Waals surface area contributed by atoms with Crippen LogP contribution in [0.3, 0.4) is 0 Å². The Morgan fingerprint density at radius 2 is 1.46 bits per heavy atom. The molecule has 1 aliphatic rings. The molecule has 5 nitrogen and oxygen atoms in total.